The van der Waals surface area contributed by atoms with E-state index in [4.69, 9.17) is 10.5 Å². The first-order valence-corrected chi connectivity index (χ1v) is 6.77. The number of likely N-dealkylation sites (tertiary alicyclic amines) is 1. The second-order valence-corrected chi connectivity index (χ2v) is 5.43. The Kier molecular flexibility index (Phi) is 3.98. The number of nitrogens with zero attached hydrogens (tertiary/aromatic N) is 1. The summed E-state index contributed by atoms with van der Waals surface area (Å²) in [6, 6.07) is 5.50. The van der Waals surface area contributed by atoms with Crippen molar-refractivity contribution in [2.24, 2.45) is 5.92 Å². The highest BCUT2D eigenvalue weighted by Gasteiger charge is 2.28. The Morgan fingerprint density at radius 1 is 1.42 bits per heavy atom. The summed E-state index contributed by atoms with van der Waals surface area (Å²) in [5, 5.41) is 0. The number of amides is 1. The smallest absolute Gasteiger partial charge is 0.256 e. The van der Waals surface area contributed by atoms with E-state index in [0.717, 1.165) is 19.4 Å². The molecule has 19 heavy (non-hydrogen) atoms. The number of carbonyl (C=O) groups is 1. The van der Waals surface area contributed by atoms with Gasteiger partial charge in [0.25, 0.3) is 5.91 Å². The standard InChI is InChI=1S/C15H22N2O2/c1-10-6-7-17(11(2)8-10)15(18)13-5-4-12(19-3)9-14(13)16/h4-5,9-11H,6-8,16H2,1-3H3. The summed E-state index contributed by atoms with van der Waals surface area (Å²) < 4.78 is 5.11. The van der Waals surface area contributed by atoms with E-state index in [1.54, 1.807) is 25.3 Å². The molecule has 2 atom stereocenters. The molecule has 1 amide bonds. The van der Waals surface area contributed by atoms with Gasteiger partial charge < -0.3 is 15.4 Å². The van der Waals surface area contributed by atoms with Gasteiger partial charge in [0, 0.05) is 24.3 Å². The minimum absolute atomic E-state index is 0.0274. The zero-order chi connectivity index (χ0) is 14.0. The van der Waals surface area contributed by atoms with Crippen molar-refractivity contribution >= 4 is 11.6 Å². The lowest BCUT2D eigenvalue weighted by molar-refractivity contribution is 0.0589. The Morgan fingerprint density at radius 3 is 2.74 bits per heavy atom. The summed E-state index contributed by atoms with van der Waals surface area (Å²) in [6.45, 7) is 5.15. The van der Waals surface area contributed by atoms with Crippen LogP contribution in [0, 0.1) is 5.92 Å². The second-order valence-electron chi connectivity index (χ2n) is 5.43. The Bertz CT molecular complexity index is 473. The third kappa shape index (κ3) is 2.83. The van der Waals surface area contributed by atoms with Crippen molar-refractivity contribution in [3.05, 3.63) is 23.8 Å². The molecule has 1 heterocycles. The minimum Gasteiger partial charge on any atom is -0.497 e. The Labute approximate surface area is 114 Å². The monoisotopic (exact) mass is 262 g/mol. The zero-order valence-electron chi connectivity index (χ0n) is 11.8. The molecule has 0 radical (unpaired) electrons. The number of anilines is 1. The molecule has 1 fully saturated rings. The Hall–Kier alpha value is -1.71. The molecule has 1 saturated heterocycles. The van der Waals surface area contributed by atoms with Crippen LogP contribution in [0.2, 0.25) is 0 Å². The van der Waals surface area contributed by atoms with Crippen LogP contribution in [0.4, 0.5) is 5.69 Å². The number of carbonyl (C=O) groups excluding carboxylic acids is 1. The second kappa shape index (κ2) is 5.51. The normalized spacial score (nSPS) is 23.2. The summed E-state index contributed by atoms with van der Waals surface area (Å²) in [7, 11) is 1.59. The zero-order valence-corrected chi connectivity index (χ0v) is 11.8. The van der Waals surface area contributed by atoms with Gasteiger partial charge in [0.05, 0.1) is 12.7 Å². The SMILES string of the molecule is COc1ccc(C(=O)N2CCC(C)CC2C)c(N)c1. The fourth-order valence-corrected chi connectivity index (χ4v) is 2.73. The van der Waals surface area contributed by atoms with Gasteiger partial charge in [-0.2, -0.15) is 0 Å². The first-order valence-electron chi connectivity index (χ1n) is 6.77. The Balaban J connectivity index is 2.19. The molecular formula is C15H22N2O2. The van der Waals surface area contributed by atoms with Gasteiger partial charge in [0.1, 0.15) is 5.75 Å². The predicted octanol–water partition coefficient (Wildman–Crippen LogP) is 2.54. The van der Waals surface area contributed by atoms with Crippen LogP contribution < -0.4 is 10.5 Å². The summed E-state index contributed by atoms with van der Waals surface area (Å²) >= 11 is 0. The number of nitrogen functional groups attached to an aromatic ring is 1. The van der Waals surface area contributed by atoms with E-state index in [0.29, 0.717) is 22.9 Å². The number of rotatable bonds is 2. The van der Waals surface area contributed by atoms with Crippen molar-refractivity contribution in [2.75, 3.05) is 19.4 Å². The van der Waals surface area contributed by atoms with Gasteiger partial charge in [-0.3, -0.25) is 4.79 Å². The highest BCUT2D eigenvalue weighted by molar-refractivity contribution is 5.99. The van der Waals surface area contributed by atoms with E-state index < -0.39 is 0 Å². The van der Waals surface area contributed by atoms with Gasteiger partial charge in [0.15, 0.2) is 0 Å². The molecule has 0 aromatic heterocycles. The molecule has 1 aromatic carbocycles. The lowest BCUT2D eigenvalue weighted by Crippen LogP contribution is -2.44. The molecule has 0 spiro atoms. The quantitative estimate of drug-likeness (QED) is 0.833. The van der Waals surface area contributed by atoms with Crippen LogP contribution in [-0.4, -0.2) is 30.5 Å². The molecule has 104 valence electrons. The van der Waals surface area contributed by atoms with Gasteiger partial charge in [-0.05, 0) is 37.8 Å². The number of methoxy groups -OCH3 is 1. The minimum atomic E-state index is 0.0274. The van der Waals surface area contributed by atoms with E-state index in [-0.39, 0.29) is 11.9 Å². The van der Waals surface area contributed by atoms with E-state index in [1.165, 1.54) is 0 Å². The van der Waals surface area contributed by atoms with Crippen molar-refractivity contribution in [2.45, 2.75) is 32.7 Å². The predicted molar refractivity (Wildman–Crippen MR) is 76.3 cm³/mol. The van der Waals surface area contributed by atoms with Gasteiger partial charge in [-0.25, -0.2) is 0 Å². The number of ether oxygens (including phenoxy) is 1. The largest absolute Gasteiger partial charge is 0.497 e. The van der Waals surface area contributed by atoms with Crippen molar-refractivity contribution in [1.29, 1.82) is 0 Å². The average molecular weight is 262 g/mol. The molecule has 1 aromatic rings. The van der Waals surface area contributed by atoms with Gasteiger partial charge in [0.2, 0.25) is 0 Å². The average Bonchev–Trinajstić information content (AvgIpc) is 2.37. The van der Waals surface area contributed by atoms with E-state index >= 15 is 0 Å². The number of piperidine rings is 1. The summed E-state index contributed by atoms with van der Waals surface area (Å²) in [5.41, 5.74) is 7.00. The molecular weight excluding hydrogens is 240 g/mol. The van der Waals surface area contributed by atoms with E-state index in [9.17, 15) is 4.79 Å². The van der Waals surface area contributed by atoms with Crippen LogP contribution in [0.3, 0.4) is 0 Å². The van der Waals surface area contributed by atoms with Crippen LogP contribution in [0.25, 0.3) is 0 Å². The Morgan fingerprint density at radius 2 is 2.16 bits per heavy atom. The summed E-state index contributed by atoms with van der Waals surface area (Å²) in [6.07, 6.45) is 2.12. The summed E-state index contributed by atoms with van der Waals surface area (Å²) in [5.74, 6) is 1.39. The molecule has 1 aliphatic rings. The molecule has 1 aliphatic heterocycles. The maximum absolute atomic E-state index is 12.5. The molecule has 4 heteroatoms. The molecule has 2 unspecified atom stereocenters. The van der Waals surface area contributed by atoms with Crippen molar-refractivity contribution < 1.29 is 9.53 Å². The first-order chi connectivity index (χ1) is 9.02. The molecule has 4 nitrogen and oxygen atoms in total. The lowest BCUT2D eigenvalue weighted by atomic mass is 9.92. The fourth-order valence-electron chi connectivity index (χ4n) is 2.73. The van der Waals surface area contributed by atoms with Crippen LogP contribution in [0.5, 0.6) is 5.75 Å². The molecule has 0 bridgehead atoms. The number of hydrogen-bond donors (Lipinski definition) is 1. The lowest BCUT2D eigenvalue weighted by Gasteiger charge is -2.36. The molecule has 0 aliphatic carbocycles. The number of hydrogen-bond acceptors (Lipinski definition) is 3. The van der Waals surface area contributed by atoms with Crippen molar-refractivity contribution in [3.63, 3.8) is 0 Å². The van der Waals surface area contributed by atoms with Crippen molar-refractivity contribution in [3.8, 4) is 5.75 Å². The van der Waals surface area contributed by atoms with Crippen LogP contribution in [0.1, 0.15) is 37.0 Å². The maximum Gasteiger partial charge on any atom is 0.256 e. The third-order valence-corrected chi connectivity index (χ3v) is 3.89. The topological polar surface area (TPSA) is 55.6 Å². The fraction of sp³-hybridized carbons (Fsp3) is 0.533. The van der Waals surface area contributed by atoms with Crippen LogP contribution in [0.15, 0.2) is 18.2 Å². The highest BCUT2D eigenvalue weighted by atomic mass is 16.5. The number of benzene rings is 1. The first kappa shape index (κ1) is 13.7. The number of nitrogens with two attached hydrogens (primary N) is 1. The molecule has 0 saturated carbocycles. The third-order valence-electron chi connectivity index (χ3n) is 3.89. The maximum atomic E-state index is 12.5. The van der Waals surface area contributed by atoms with E-state index in [1.807, 2.05) is 4.90 Å². The van der Waals surface area contributed by atoms with Gasteiger partial charge >= 0.3 is 0 Å². The highest BCUT2D eigenvalue weighted by Crippen LogP contribution is 2.26. The van der Waals surface area contributed by atoms with Crippen LogP contribution in [-0.2, 0) is 0 Å². The van der Waals surface area contributed by atoms with E-state index in [2.05, 4.69) is 13.8 Å². The molecule has 2 rings (SSSR count). The molecule has 2 N–H and O–H groups in total. The van der Waals surface area contributed by atoms with Crippen molar-refractivity contribution in [1.82, 2.24) is 4.90 Å². The van der Waals surface area contributed by atoms with Gasteiger partial charge in [-0.15, -0.1) is 0 Å². The van der Waals surface area contributed by atoms with Gasteiger partial charge in [-0.1, -0.05) is 6.92 Å². The summed E-state index contributed by atoms with van der Waals surface area (Å²) in [4.78, 5) is 14.5. The van der Waals surface area contributed by atoms with Crippen LogP contribution >= 0.6 is 0 Å².